The number of piperidine rings is 1. The number of hydrogen-bond acceptors (Lipinski definition) is 3. The van der Waals surface area contributed by atoms with Gasteiger partial charge in [0.05, 0.1) is 5.69 Å². The topological polar surface area (TPSA) is 46.3 Å². The van der Waals surface area contributed by atoms with Crippen molar-refractivity contribution in [1.82, 2.24) is 10.1 Å². The van der Waals surface area contributed by atoms with E-state index in [9.17, 15) is 9.18 Å². The van der Waals surface area contributed by atoms with Gasteiger partial charge in [0.1, 0.15) is 5.82 Å². The highest BCUT2D eigenvalue weighted by atomic mass is 19.1. The zero-order valence-corrected chi connectivity index (χ0v) is 12.6. The quantitative estimate of drug-likeness (QED) is 0.873. The van der Waals surface area contributed by atoms with E-state index in [1.807, 2.05) is 4.90 Å². The molecule has 0 saturated carbocycles. The lowest BCUT2D eigenvalue weighted by Crippen LogP contribution is -2.44. The third kappa shape index (κ3) is 3.18. The first-order valence-corrected chi connectivity index (χ1v) is 7.62. The molecule has 2 heterocycles. The molecule has 2 aromatic rings. The summed E-state index contributed by atoms with van der Waals surface area (Å²) in [6, 6.07) is 8.29. The number of amides is 1. The van der Waals surface area contributed by atoms with Gasteiger partial charge in [-0.2, -0.15) is 0 Å². The summed E-state index contributed by atoms with van der Waals surface area (Å²) in [6.07, 6.45) is 3.79. The maximum atomic E-state index is 13.0. The van der Waals surface area contributed by atoms with Gasteiger partial charge in [0.15, 0.2) is 0 Å². The van der Waals surface area contributed by atoms with Gasteiger partial charge in [0.25, 0.3) is 5.91 Å². The average Bonchev–Trinajstić information content (AvgIpc) is 2.96. The molecule has 0 unspecified atom stereocenters. The number of nitrogens with zero attached hydrogens (tertiary/aromatic N) is 2. The van der Waals surface area contributed by atoms with E-state index in [0.29, 0.717) is 11.5 Å². The smallest absolute Gasteiger partial charge is 0.292 e. The average molecular weight is 302 g/mol. The Kier molecular flexibility index (Phi) is 4.22. The lowest BCUT2D eigenvalue weighted by atomic mass is 9.95. The van der Waals surface area contributed by atoms with Crippen LogP contribution in [0.2, 0.25) is 0 Å². The van der Waals surface area contributed by atoms with Crippen LogP contribution in [0.1, 0.15) is 41.1 Å². The summed E-state index contributed by atoms with van der Waals surface area (Å²) in [4.78, 5) is 14.5. The fourth-order valence-electron chi connectivity index (χ4n) is 2.98. The van der Waals surface area contributed by atoms with Crippen LogP contribution in [0.4, 0.5) is 4.39 Å². The number of rotatable bonds is 3. The predicted molar refractivity (Wildman–Crippen MR) is 80.0 cm³/mol. The predicted octanol–water partition coefficient (Wildman–Crippen LogP) is 3.36. The van der Waals surface area contributed by atoms with E-state index in [2.05, 4.69) is 5.16 Å². The number of likely N-dealkylation sites (tertiary alicyclic amines) is 1. The number of aromatic nitrogens is 1. The van der Waals surface area contributed by atoms with Gasteiger partial charge >= 0.3 is 0 Å². The van der Waals surface area contributed by atoms with Crippen LogP contribution in [0.3, 0.4) is 0 Å². The number of aryl methyl sites for hydroxylation is 1. The largest absolute Gasteiger partial charge is 0.351 e. The number of carbonyl (C=O) groups is 1. The molecule has 1 atom stereocenters. The van der Waals surface area contributed by atoms with E-state index in [4.69, 9.17) is 4.52 Å². The van der Waals surface area contributed by atoms with E-state index < -0.39 is 0 Å². The van der Waals surface area contributed by atoms with Gasteiger partial charge in [-0.15, -0.1) is 0 Å². The second kappa shape index (κ2) is 6.30. The molecule has 3 rings (SSSR count). The van der Waals surface area contributed by atoms with Crippen molar-refractivity contribution in [2.45, 2.75) is 38.6 Å². The SMILES string of the molecule is Cc1cc(C(=O)N2CCCC[C@H]2Cc2ccc(F)cc2)on1. The van der Waals surface area contributed by atoms with Gasteiger partial charge in [0, 0.05) is 18.7 Å². The lowest BCUT2D eigenvalue weighted by Gasteiger charge is -2.35. The third-order valence-corrected chi connectivity index (χ3v) is 4.11. The highest BCUT2D eigenvalue weighted by molar-refractivity contribution is 5.91. The Balaban J connectivity index is 1.76. The van der Waals surface area contributed by atoms with Gasteiger partial charge in [0.2, 0.25) is 5.76 Å². The Labute approximate surface area is 128 Å². The Morgan fingerprint density at radius 2 is 2.14 bits per heavy atom. The maximum absolute atomic E-state index is 13.0. The van der Waals surface area contributed by atoms with Gasteiger partial charge < -0.3 is 9.42 Å². The molecule has 22 heavy (non-hydrogen) atoms. The van der Waals surface area contributed by atoms with Crippen molar-refractivity contribution >= 4 is 5.91 Å². The summed E-state index contributed by atoms with van der Waals surface area (Å²) in [5.41, 5.74) is 1.75. The minimum absolute atomic E-state index is 0.104. The van der Waals surface area contributed by atoms with Crippen molar-refractivity contribution in [2.75, 3.05) is 6.54 Å². The molecule has 0 bridgehead atoms. The lowest BCUT2D eigenvalue weighted by molar-refractivity contribution is 0.0571. The summed E-state index contributed by atoms with van der Waals surface area (Å²) in [5.74, 6) is -0.0478. The number of hydrogen-bond donors (Lipinski definition) is 0. The van der Waals surface area contributed by atoms with Crippen LogP contribution in [0.25, 0.3) is 0 Å². The molecule has 1 aliphatic heterocycles. The summed E-state index contributed by atoms with van der Waals surface area (Å²) < 4.78 is 18.1. The molecule has 0 radical (unpaired) electrons. The first-order valence-electron chi connectivity index (χ1n) is 7.62. The van der Waals surface area contributed by atoms with E-state index in [-0.39, 0.29) is 17.8 Å². The van der Waals surface area contributed by atoms with Gasteiger partial charge in [-0.05, 0) is 50.3 Å². The molecule has 4 nitrogen and oxygen atoms in total. The zero-order valence-electron chi connectivity index (χ0n) is 12.6. The number of halogens is 1. The fraction of sp³-hybridized carbons (Fsp3) is 0.412. The normalized spacial score (nSPS) is 18.5. The standard InChI is InChI=1S/C17H19FN2O2/c1-12-10-16(22-19-12)17(21)20-9-3-2-4-15(20)11-13-5-7-14(18)8-6-13/h5-8,10,15H,2-4,9,11H2,1H3/t15-/m0/s1. The molecule has 1 aromatic carbocycles. The van der Waals surface area contributed by atoms with Crippen LogP contribution in [-0.4, -0.2) is 28.6 Å². The molecule has 1 aromatic heterocycles. The third-order valence-electron chi connectivity index (χ3n) is 4.11. The highest BCUT2D eigenvalue weighted by Gasteiger charge is 2.29. The molecule has 0 spiro atoms. The molecule has 0 aliphatic carbocycles. The molecule has 1 fully saturated rings. The highest BCUT2D eigenvalue weighted by Crippen LogP contribution is 2.23. The first-order chi connectivity index (χ1) is 10.6. The van der Waals surface area contributed by atoms with Crippen molar-refractivity contribution < 1.29 is 13.7 Å². The van der Waals surface area contributed by atoms with Gasteiger partial charge in [-0.3, -0.25) is 4.79 Å². The monoisotopic (exact) mass is 302 g/mol. The minimum atomic E-state index is -0.238. The van der Waals surface area contributed by atoms with E-state index in [1.54, 1.807) is 25.1 Å². The van der Waals surface area contributed by atoms with Crippen molar-refractivity contribution in [3.63, 3.8) is 0 Å². The van der Waals surface area contributed by atoms with E-state index in [1.165, 1.54) is 12.1 Å². The molecular formula is C17H19FN2O2. The fourth-order valence-corrected chi connectivity index (χ4v) is 2.98. The summed E-state index contributed by atoms with van der Waals surface area (Å²) in [7, 11) is 0. The van der Waals surface area contributed by atoms with E-state index in [0.717, 1.165) is 37.8 Å². The number of carbonyl (C=O) groups excluding carboxylic acids is 1. The molecule has 1 amide bonds. The van der Waals surface area contributed by atoms with Crippen molar-refractivity contribution in [2.24, 2.45) is 0 Å². The molecular weight excluding hydrogens is 283 g/mol. The van der Waals surface area contributed by atoms with Crippen LogP contribution in [0, 0.1) is 12.7 Å². The van der Waals surface area contributed by atoms with Crippen LogP contribution in [0.15, 0.2) is 34.9 Å². The molecule has 1 saturated heterocycles. The zero-order chi connectivity index (χ0) is 15.5. The summed E-state index contributed by atoms with van der Waals surface area (Å²) in [5, 5.41) is 3.79. The van der Waals surface area contributed by atoms with Crippen molar-refractivity contribution in [3.05, 3.63) is 53.2 Å². The summed E-state index contributed by atoms with van der Waals surface area (Å²) >= 11 is 0. The maximum Gasteiger partial charge on any atom is 0.292 e. The van der Waals surface area contributed by atoms with Crippen molar-refractivity contribution in [1.29, 1.82) is 0 Å². The number of benzene rings is 1. The van der Waals surface area contributed by atoms with Gasteiger partial charge in [-0.25, -0.2) is 4.39 Å². The van der Waals surface area contributed by atoms with Gasteiger partial charge in [-0.1, -0.05) is 17.3 Å². The van der Waals surface area contributed by atoms with Crippen LogP contribution in [0.5, 0.6) is 0 Å². The van der Waals surface area contributed by atoms with Crippen LogP contribution < -0.4 is 0 Å². The van der Waals surface area contributed by atoms with Crippen LogP contribution >= 0.6 is 0 Å². The van der Waals surface area contributed by atoms with Crippen LogP contribution in [-0.2, 0) is 6.42 Å². The Bertz CT molecular complexity index is 651. The molecule has 5 heteroatoms. The Morgan fingerprint density at radius 3 is 2.82 bits per heavy atom. The van der Waals surface area contributed by atoms with E-state index >= 15 is 0 Å². The molecule has 0 N–H and O–H groups in total. The molecule has 1 aliphatic rings. The second-order valence-corrected chi connectivity index (χ2v) is 5.81. The Morgan fingerprint density at radius 1 is 1.36 bits per heavy atom. The first kappa shape index (κ1) is 14.8. The summed E-state index contributed by atoms with van der Waals surface area (Å²) in [6.45, 7) is 2.52. The molecule has 116 valence electrons. The minimum Gasteiger partial charge on any atom is -0.351 e. The Hall–Kier alpha value is -2.17. The second-order valence-electron chi connectivity index (χ2n) is 5.81. The van der Waals surface area contributed by atoms with Crippen molar-refractivity contribution in [3.8, 4) is 0 Å².